The van der Waals surface area contributed by atoms with Gasteiger partial charge in [0.15, 0.2) is 6.61 Å². The minimum Gasteiger partial charge on any atom is -0.496 e. The maximum atomic E-state index is 13.0. The number of carbonyl (C=O) groups excluding carboxylic acids is 1. The third-order valence-electron chi connectivity index (χ3n) is 4.59. The van der Waals surface area contributed by atoms with E-state index in [1.54, 1.807) is 54.6 Å². The summed E-state index contributed by atoms with van der Waals surface area (Å²) in [5, 5.41) is 2.65. The highest BCUT2D eigenvalue weighted by molar-refractivity contribution is 7.92. The van der Waals surface area contributed by atoms with Crippen LogP contribution in [0.4, 0.5) is 11.4 Å². The molecule has 0 unspecified atom stereocenters. The van der Waals surface area contributed by atoms with E-state index in [9.17, 15) is 13.2 Å². The molecule has 168 valence electrons. The number of nitrogens with zero attached hydrogens (tertiary/aromatic N) is 1. The summed E-state index contributed by atoms with van der Waals surface area (Å²) in [5.74, 6) is 1.01. The first kappa shape index (κ1) is 23.0. The quantitative estimate of drug-likeness (QED) is 0.529. The first-order valence-electron chi connectivity index (χ1n) is 9.63. The lowest BCUT2D eigenvalue weighted by atomic mass is 10.3. The SMILES string of the molecule is COc1cc(OC)cc(OCC(=O)Nc2cccc(S(=O)(=O)N(C)c3ccccc3)c2)c1. The number of nitrogens with one attached hydrogen (secondary N) is 1. The van der Waals surface area contributed by atoms with Crippen molar-refractivity contribution in [3.05, 3.63) is 72.8 Å². The van der Waals surface area contributed by atoms with Gasteiger partial charge in [-0.1, -0.05) is 24.3 Å². The maximum absolute atomic E-state index is 13.0. The summed E-state index contributed by atoms with van der Waals surface area (Å²) in [6.07, 6.45) is 0. The molecule has 0 fully saturated rings. The molecule has 0 aliphatic heterocycles. The van der Waals surface area contributed by atoms with E-state index >= 15 is 0 Å². The Balaban J connectivity index is 1.69. The summed E-state index contributed by atoms with van der Waals surface area (Å²) in [7, 11) is 0.711. The van der Waals surface area contributed by atoms with Gasteiger partial charge in [0.2, 0.25) is 0 Å². The molecule has 1 amide bonds. The van der Waals surface area contributed by atoms with Crippen LogP contribution in [0.3, 0.4) is 0 Å². The third kappa shape index (κ3) is 5.50. The van der Waals surface area contributed by atoms with Crippen molar-refractivity contribution in [3.63, 3.8) is 0 Å². The molecule has 0 saturated carbocycles. The summed E-state index contributed by atoms with van der Waals surface area (Å²) in [6, 6.07) is 19.7. The Bertz CT molecular complexity index is 1160. The number of para-hydroxylation sites is 1. The minimum atomic E-state index is -3.80. The zero-order valence-corrected chi connectivity index (χ0v) is 18.8. The van der Waals surface area contributed by atoms with Crippen molar-refractivity contribution >= 4 is 27.3 Å². The van der Waals surface area contributed by atoms with Gasteiger partial charge in [0.1, 0.15) is 17.2 Å². The van der Waals surface area contributed by atoms with Crippen LogP contribution in [-0.2, 0) is 14.8 Å². The Hall–Kier alpha value is -3.72. The number of ether oxygens (including phenoxy) is 3. The second-order valence-corrected chi connectivity index (χ2v) is 8.69. The second-order valence-electron chi connectivity index (χ2n) is 6.72. The molecule has 9 heteroatoms. The summed E-state index contributed by atoms with van der Waals surface area (Å²) < 4.78 is 43.0. The highest BCUT2D eigenvalue weighted by Gasteiger charge is 2.21. The topological polar surface area (TPSA) is 94.2 Å². The van der Waals surface area contributed by atoms with E-state index in [1.807, 2.05) is 6.07 Å². The Labute approximate surface area is 187 Å². The molecule has 3 rings (SSSR count). The molecule has 0 aliphatic rings. The maximum Gasteiger partial charge on any atom is 0.264 e. The fraction of sp³-hybridized carbons (Fsp3) is 0.174. The van der Waals surface area contributed by atoms with Crippen molar-refractivity contribution in [1.29, 1.82) is 0 Å². The first-order valence-corrected chi connectivity index (χ1v) is 11.1. The molecular formula is C23H24N2O6S. The van der Waals surface area contributed by atoms with E-state index in [0.717, 1.165) is 0 Å². The predicted octanol–water partition coefficient (Wildman–Crippen LogP) is 3.55. The zero-order valence-electron chi connectivity index (χ0n) is 17.9. The van der Waals surface area contributed by atoms with Gasteiger partial charge in [0, 0.05) is 30.9 Å². The third-order valence-corrected chi connectivity index (χ3v) is 6.37. The van der Waals surface area contributed by atoms with Crippen molar-refractivity contribution in [2.24, 2.45) is 0 Å². The Morgan fingerprint density at radius 3 is 2.12 bits per heavy atom. The normalized spacial score (nSPS) is 10.8. The molecular weight excluding hydrogens is 432 g/mol. The van der Waals surface area contributed by atoms with E-state index in [0.29, 0.717) is 28.6 Å². The second kappa shape index (κ2) is 10.1. The highest BCUT2D eigenvalue weighted by Crippen LogP contribution is 2.27. The zero-order chi connectivity index (χ0) is 23.1. The van der Waals surface area contributed by atoms with Gasteiger partial charge in [-0.25, -0.2) is 8.42 Å². The van der Waals surface area contributed by atoms with Crippen molar-refractivity contribution in [1.82, 2.24) is 0 Å². The van der Waals surface area contributed by atoms with Crippen LogP contribution in [0.1, 0.15) is 0 Å². The summed E-state index contributed by atoms with van der Waals surface area (Å²) in [5.41, 5.74) is 0.869. The molecule has 32 heavy (non-hydrogen) atoms. The lowest BCUT2D eigenvalue weighted by molar-refractivity contribution is -0.118. The van der Waals surface area contributed by atoms with E-state index in [4.69, 9.17) is 14.2 Å². The van der Waals surface area contributed by atoms with Crippen molar-refractivity contribution in [3.8, 4) is 17.2 Å². The molecule has 1 N–H and O–H groups in total. The smallest absolute Gasteiger partial charge is 0.264 e. The van der Waals surface area contributed by atoms with Gasteiger partial charge >= 0.3 is 0 Å². The molecule has 0 heterocycles. The molecule has 0 radical (unpaired) electrons. The highest BCUT2D eigenvalue weighted by atomic mass is 32.2. The predicted molar refractivity (Wildman–Crippen MR) is 122 cm³/mol. The van der Waals surface area contributed by atoms with E-state index in [-0.39, 0.29) is 11.5 Å². The average Bonchev–Trinajstić information content (AvgIpc) is 2.82. The van der Waals surface area contributed by atoms with Crippen molar-refractivity contribution in [2.45, 2.75) is 4.90 Å². The number of hydrogen-bond acceptors (Lipinski definition) is 6. The standard InChI is InChI=1S/C23H24N2O6S/c1-25(18-9-5-4-6-10-18)32(27,28)22-11-7-8-17(12-22)24-23(26)16-31-21-14-19(29-2)13-20(15-21)30-3/h4-15H,16H2,1-3H3,(H,24,26). The van der Waals surface area contributed by atoms with E-state index in [2.05, 4.69) is 5.32 Å². The van der Waals surface area contributed by atoms with Gasteiger partial charge in [-0.05, 0) is 30.3 Å². The van der Waals surface area contributed by atoms with Gasteiger partial charge in [0.05, 0.1) is 24.8 Å². The summed E-state index contributed by atoms with van der Waals surface area (Å²) in [4.78, 5) is 12.4. The molecule has 3 aromatic rings. The van der Waals surface area contributed by atoms with Gasteiger partial charge in [0.25, 0.3) is 15.9 Å². The van der Waals surface area contributed by atoms with Crippen LogP contribution in [0.15, 0.2) is 77.7 Å². The van der Waals surface area contributed by atoms with Gasteiger partial charge in [-0.15, -0.1) is 0 Å². The number of rotatable bonds is 9. The number of benzene rings is 3. The first-order chi connectivity index (χ1) is 15.3. The lowest BCUT2D eigenvalue weighted by Gasteiger charge is -2.20. The molecule has 3 aromatic carbocycles. The molecule has 8 nitrogen and oxygen atoms in total. The van der Waals surface area contributed by atoms with Crippen LogP contribution in [0.2, 0.25) is 0 Å². The monoisotopic (exact) mass is 456 g/mol. The van der Waals surface area contributed by atoms with Crippen LogP contribution in [0.25, 0.3) is 0 Å². The van der Waals surface area contributed by atoms with Crippen molar-refractivity contribution in [2.75, 3.05) is 37.5 Å². The Morgan fingerprint density at radius 1 is 0.875 bits per heavy atom. The van der Waals surface area contributed by atoms with Crippen molar-refractivity contribution < 1.29 is 27.4 Å². The largest absolute Gasteiger partial charge is 0.496 e. The fourth-order valence-corrected chi connectivity index (χ4v) is 4.12. The van der Waals surface area contributed by atoms with Gasteiger partial charge < -0.3 is 19.5 Å². The molecule has 0 aromatic heterocycles. The van der Waals surface area contributed by atoms with Crippen LogP contribution in [-0.4, -0.2) is 42.2 Å². The number of carbonyl (C=O) groups is 1. The van der Waals surface area contributed by atoms with Crippen LogP contribution in [0.5, 0.6) is 17.2 Å². The molecule has 0 saturated heterocycles. The number of anilines is 2. The Kier molecular flexibility index (Phi) is 7.21. The molecule has 0 spiro atoms. The number of amides is 1. The fourth-order valence-electron chi connectivity index (χ4n) is 2.88. The van der Waals surface area contributed by atoms with Crippen LogP contribution < -0.4 is 23.8 Å². The average molecular weight is 457 g/mol. The summed E-state index contributed by atoms with van der Waals surface area (Å²) >= 11 is 0. The van der Waals surface area contributed by atoms with Crippen LogP contribution in [0, 0.1) is 0 Å². The van der Waals surface area contributed by atoms with E-state index < -0.39 is 15.9 Å². The van der Waals surface area contributed by atoms with E-state index in [1.165, 1.54) is 37.7 Å². The minimum absolute atomic E-state index is 0.0557. The Morgan fingerprint density at radius 2 is 1.50 bits per heavy atom. The number of hydrogen-bond donors (Lipinski definition) is 1. The molecule has 0 aliphatic carbocycles. The van der Waals surface area contributed by atoms with Gasteiger partial charge in [-0.3, -0.25) is 9.10 Å². The van der Waals surface area contributed by atoms with Crippen LogP contribution >= 0.6 is 0 Å². The lowest BCUT2D eigenvalue weighted by Crippen LogP contribution is -2.26. The summed E-state index contributed by atoms with van der Waals surface area (Å²) in [6.45, 7) is -0.281. The van der Waals surface area contributed by atoms with Gasteiger partial charge in [-0.2, -0.15) is 0 Å². The molecule has 0 atom stereocenters. The number of sulfonamides is 1. The number of methoxy groups -OCH3 is 2. The molecule has 0 bridgehead atoms.